The summed E-state index contributed by atoms with van der Waals surface area (Å²) in [6.45, 7) is 4.71. The molecule has 0 aliphatic carbocycles. The van der Waals surface area contributed by atoms with Crippen molar-refractivity contribution in [2.75, 3.05) is 12.4 Å². The highest BCUT2D eigenvalue weighted by atomic mass is 16.6. The van der Waals surface area contributed by atoms with Gasteiger partial charge >= 0.3 is 5.97 Å². The van der Waals surface area contributed by atoms with E-state index in [-0.39, 0.29) is 17.0 Å². The number of nitrogens with zero attached hydrogens (tertiary/aromatic N) is 1. The second-order valence-electron chi connectivity index (χ2n) is 6.54. The summed E-state index contributed by atoms with van der Waals surface area (Å²) in [5, 5.41) is 23.1. The molecule has 0 saturated heterocycles. The maximum atomic E-state index is 12.5. The van der Waals surface area contributed by atoms with Crippen molar-refractivity contribution in [3.05, 3.63) is 63.2 Å². The van der Waals surface area contributed by atoms with E-state index in [4.69, 9.17) is 4.74 Å². The summed E-state index contributed by atoms with van der Waals surface area (Å²) < 4.78 is 5.11. The lowest BCUT2D eigenvalue weighted by atomic mass is 9.85. The molecule has 0 aromatic heterocycles. The van der Waals surface area contributed by atoms with Gasteiger partial charge in [0.2, 0.25) is 0 Å². The molecule has 0 atom stereocenters. The number of carbonyl (C=O) groups excluding carboxylic acids is 1. The van der Waals surface area contributed by atoms with Gasteiger partial charge in [0.05, 0.1) is 28.6 Å². The lowest BCUT2D eigenvalue weighted by molar-refractivity contribution is -0.385. The molecular formula is C19H20N2O6. The number of hydrogen-bond donors (Lipinski definition) is 2. The van der Waals surface area contributed by atoms with Gasteiger partial charge in [-0.3, -0.25) is 19.7 Å². The van der Waals surface area contributed by atoms with E-state index in [0.717, 1.165) is 0 Å². The van der Waals surface area contributed by atoms with Crippen molar-refractivity contribution < 1.29 is 24.4 Å². The van der Waals surface area contributed by atoms with E-state index in [1.165, 1.54) is 19.2 Å². The van der Waals surface area contributed by atoms with Crippen LogP contribution in [0.2, 0.25) is 0 Å². The number of aliphatic carboxylic acids is 1. The molecule has 8 nitrogen and oxygen atoms in total. The van der Waals surface area contributed by atoms with Crippen molar-refractivity contribution in [1.29, 1.82) is 0 Å². The highest BCUT2D eigenvalue weighted by molar-refractivity contribution is 6.05. The summed E-state index contributed by atoms with van der Waals surface area (Å²) in [6.07, 6.45) is 0. The SMILES string of the molecule is COc1cc(C(=O)Nc2ccc(C(C)(C)C(=O)O)cc2)cc([N+](=O)[O-])c1C. The average Bonchev–Trinajstić information content (AvgIpc) is 2.61. The molecule has 0 fully saturated rings. The molecule has 0 bridgehead atoms. The van der Waals surface area contributed by atoms with Gasteiger partial charge in [0.1, 0.15) is 5.75 Å². The largest absolute Gasteiger partial charge is 0.496 e. The fourth-order valence-corrected chi connectivity index (χ4v) is 2.50. The first-order valence-electron chi connectivity index (χ1n) is 8.06. The Kier molecular flexibility index (Phi) is 5.49. The van der Waals surface area contributed by atoms with E-state index in [1.54, 1.807) is 45.0 Å². The Balaban J connectivity index is 2.29. The van der Waals surface area contributed by atoms with Crippen LogP contribution in [0.15, 0.2) is 36.4 Å². The van der Waals surface area contributed by atoms with Crippen LogP contribution in [0, 0.1) is 17.0 Å². The lowest BCUT2D eigenvalue weighted by Crippen LogP contribution is -2.28. The summed E-state index contributed by atoms with van der Waals surface area (Å²) in [4.78, 5) is 34.4. The summed E-state index contributed by atoms with van der Waals surface area (Å²) in [6, 6.07) is 9.01. The normalized spacial score (nSPS) is 11.0. The van der Waals surface area contributed by atoms with Crippen molar-refractivity contribution in [1.82, 2.24) is 0 Å². The highest BCUT2D eigenvalue weighted by Crippen LogP contribution is 2.30. The zero-order valence-corrected chi connectivity index (χ0v) is 15.4. The molecular weight excluding hydrogens is 352 g/mol. The minimum atomic E-state index is -1.06. The summed E-state index contributed by atoms with van der Waals surface area (Å²) in [5.74, 6) is -1.26. The Morgan fingerprint density at radius 2 is 1.78 bits per heavy atom. The zero-order chi connectivity index (χ0) is 20.4. The van der Waals surface area contributed by atoms with Gasteiger partial charge in [-0.05, 0) is 44.5 Å². The number of nitro groups is 1. The van der Waals surface area contributed by atoms with Gasteiger partial charge in [-0.1, -0.05) is 12.1 Å². The zero-order valence-electron chi connectivity index (χ0n) is 15.4. The maximum Gasteiger partial charge on any atom is 0.313 e. The van der Waals surface area contributed by atoms with Gasteiger partial charge in [-0.2, -0.15) is 0 Å². The first-order valence-corrected chi connectivity index (χ1v) is 8.06. The molecule has 0 saturated carbocycles. The van der Waals surface area contributed by atoms with Crippen molar-refractivity contribution >= 4 is 23.3 Å². The Morgan fingerprint density at radius 3 is 2.26 bits per heavy atom. The third-order valence-electron chi connectivity index (χ3n) is 4.41. The first kappa shape index (κ1) is 19.9. The molecule has 8 heteroatoms. The third kappa shape index (κ3) is 4.05. The van der Waals surface area contributed by atoms with E-state index in [1.807, 2.05) is 0 Å². The number of ether oxygens (including phenoxy) is 1. The van der Waals surface area contributed by atoms with Crippen molar-refractivity contribution in [2.45, 2.75) is 26.2 Å². The van der Waals surface area contributed by atoms with Crippen molar-refractivity contribution in [3.8, 4) is 5.75 Å². The number of methoxy groups -OCH3 is 1. The van der Waals surface area contributed by atoms with Gasteiger partial charge in [0, 0.05) is 11.8 Å². The van der Waals surface area contributed by atoms with Crippen LogP contribution in [0.25, 0.3) is 0 Å². The molecule has 2 aromatic rings. The molecule has 0 heterocycles. The maximum absolute atomic E-state index is 12.5. The summed E-state index contributed by atoms with van der Waals surface area (Å²) >= 11 is 0. The van der Waals surface area contributed by atoms with Gasteiger partial charge < -0.3 is 15.2 Å². The number of hydrogen-bond acceptors (Lipinski definition) is 5. The molecule has 0 unspecified atom stereocenters. The van der Waals surface area contributed by atoms with E-state index in [2.05, 4.69) is 5.32 Å². The summed E-state index contributed by atoms with van der Waals surface area (Å²) in [5.41, 5.74) is 0.164. The first-order chi connectivity index (χ1) is 12.6. The predicted molar refractivity (Wildman–Crippen MR) is 99.4 cm³/mol. The molecule has 2 rings (SSSR count). The van der Waals surface area contributed by atoms with Crippen LogP contribution >= 0.6 is 0 Å². The number of carboxylic acids is 1. The monoisotopic (exact) mass is 372 g/mol. The second kappa shape index (κ2) is 7.45. The lowest BCUT2D eigenvalue weighted by Gasteiger charge is -2.20. The van der Waals surface area contributed by atoms with Crippen LogP contribution in [0.1, 0.15) is 35.3 Å². The second-order valence-corrected chi connectivity index (χ2v) is 6.54. The molecule has 142 valence electrons. The Bertz CT molecular complexity index is 903. The number of nitrogens with one attached hydrogen (secondary N) is 1. The van der Waals surface area contributed by atoms with Gasteiger partial charge in [-0.25, -0.2) is 0 Å². The fraction of sp³-hybridized carbons (Fsp3) is 0.263. The standard InChI is InChI=1S/C19H20N2O6/c1-11-15(21(25)26)9-12(10-16(11)27-4)17(22)20-14-7-5-13(6-8-14)19(2,3)18(23)24/h5-10H,1-4H3,(H,20,22)(H,23,24). The van der Waals surface area contributed by atoms with E-state index < -0.39 is 22.2 Å². The number of carbonyl (C=O) groups is 2. The van der Waals surface area contributed by atoms with Crippen LogP contribution in [-0.2, 0) is 10.2 Å². The molecule has 0 spiro atoms. The number of nitro benzene ring substituents is 1. The van der Waals surface area contributed by atoms with Crippen molar-refractivity contribution in [3.63, 3.8) is 0 Å². The summed E-state index contributed by atoms with van der Waals surface area (Å²) in [7, 11) is 1.37. The van der Waals surface area contributed by atoms with Crippen LogP contribution in [-0.4, -0.2) is 29.0 Å². The van der Waals surface area contributed by atoms with Crippen LogP contribution < -0.4 is 10.1 Å². The Labute approximate surface area is 155 Å². The highest BCUT2D eigenvalue weighted by Gasteiger charge is 2.29. The predicted octanol–water partition coefficient (Wildman–Crippen LogP) is 3.53. The number of anilines is 1. The van der Waals surface area contributed by atoms with Crippen LogP contribution in [0.4, 0.5) is 11.4 Å². The number of amides is 1. The van der Waals surface area contributed by atoms with E-state index >= 15 is 0 Å². The minimum Gasteiger partial charge on any atom is -0.496 e. The van der Waals surface area contributed by atoms with Gasteiger partial charge in [-0.15, -0.1) is 0 Å². The average molecular weight is 372 g/mol. The Hall–Kier alpha value is -3.42. The quantitative estimate of drug-likeness (QED) is 0.591. The van der Waals surface area contributed by atoms with Crippen LogP contribution in [0.5, 0.6) is 5.75 Å². The third-order valence-corrected chi connectivity index (χ3v) is 4.41. The molecule has 2 N–H and O–H groups in total. The minimum absolute atomic E-state index is 0.0825. The molecule has 0 aliphatic rings. The molecule has 1 amide bonds. The topological polar surface area (TPSA) is 119 Å². The van der Waals surface area contributed by atoms with Gasteiger partial charge in [0.15, 0.2) is 0 Å². The fourth-order valence-electron chi connectivity index (χ4n) is 2.50. The molecule has 2 aromatic carbocycles. The number of carboxylic acid groups (broad SMARTS) is 1. The molecule has 27 heavy (non-hydrogen) atoms. The van der Waals surface area contributed by atoms with Crippen molar-refractivity contribution in [2.24, 2.45) is 0 Å². The van der Waals surface area contributed by atoms with Crippen LogP contribution in [0.3, 0.4) is 0 Å². The Morgan fingerprint density at radius 1 is 1.19 bits per heavy atom. The van der Waals surface area contributed by atoms with Gasteiger partial charge in [0.25, 0.3) is 11.6 Å². The molecule has 0 radical (unpaired) electrons. The number of rotatable bonds is 6. The smallest absolute Gasteiger partial charge is 0.313 e. The molecule has 0 aliphatic heterocycles. The van der Waals surface area contributed by atoms with E-state index in [0.29, 0.717) is 16.8 Å². The van der Waals surface area contributed by atoms with E-state index in [9.17, 15) is 24.8 Å². The number of benzene rings is 2.